The average molecular weight is 293 g/mol. The molecule has 0 fully saturated rings. The van der Waals surface area contributed by atoms with Crippen LogP contribution in [-0.4, -0.2) is 16.1 Å². The fourth-order valence-electron chi connectivity index (χ4n) is 2.40. The lowest BCUT2D eigenvalue weighted by Gasteiger charge is -2.20. The summed E-state index contributed by atoms with van der Waals surface area (Å²) in [5.74, 6) is -0.173. The number of aromatic nitrogens is 2. The summed E-state index contributed by atoms with van der Waals surface area (Å²) in [6.45, 7) is 5.69. The monoisotopic (exact) mass is 293 g/mol. The average Bonchev–Trinajstić information content (AvgIpc) is 2.91. The zero-order valence-electron chi connectivity index (χ0n) is 12.4. The Kier molecular flexibility index (Phi) is 5.44. The predicted octanol–water partition coefficient (Wildman–Crippen LogP) is 3.46. The maximum Gasteiger partial charge on any atom is 0.130 e. The maximum atomic E-state index is 14.0. The number of hydrogen-bond acceptors (Lipinski definition) is 2. The molecule has 1 atom stereocenters. The van der Waals surface area contributed by atoms with Gasteiger partial charge in [0, 0.05) is 43.0 Å². The summed E-state index contributed by atoms with van der Waals surface area (Å²) < 4.78 is 29.1. The molecule has 1 aromatic heterocycles. The van der Waals surface area contributed by atoms with Crippen LogP contribution in [0.15, 0.2) is 30.6 Å². The van der Waals surface area contributed by atoms with Crippen LogP contribution in [0.4, 0.5) is 8.78 Å². The quantitative estimate of drug-likeness (QED) is 0.847. The van der Waals surface area contributed by atoms with Gasteiger partial charge < -0.3 is 9.88 Å². The molecule has 0 spiro atoms. The van der Waals surface area contributed by atoms with E-state index in [-0.39, 0.29) is 6.04 Å². The molecule has 0 aliphatic heterocycles. The fraction of sp³-hybridized carbons (Fsp3) is 0.438. The van der Waals surface area contributed by atoms with E-state index >= 15 is 0 Å². The Labute approximate surface area is 124 Å². The van der Waals surface area contributed by atoms with Gasteiger partial charge in [-0.25, -0.2) is 13.8 Å². The molecule has 3 nitrogen and oxygen atoms in total. The zero-order chi connectivity index (χ0) is 15.2. The Hall–Kier alpha value is -1.75. The van der Waals surface area contributed by atoms with Gasteiger partial charge in [0.1, 0.15) is 17.5 Å². The van der Waals surface area contributed by atoms with Gasteiger partial charge in [-0.3, -0.25) is 0 Å². The van der Waals surface area contributed by atoms with Crippen molar-refractivity contribution < 1.29 is 8.78 Å². The van der Waals surface area contributed by atoms with Crippen molar-refractivity contribution in [2.24, 2.45) is 0 Å². The minimum Gasteiger partial charge on any atom is -0.335 e. The first kappa shape index (κ1) is 15.6. The first-order chi connectivity index (χ1) is 10.2. The fourth-order valence-corrected chi connectivity index (χ4v) is 2.40. The number of aryl methyl sites for hydroxylation is 1. The lowest BCUT2D eigenvalue weighted by atomic mass is 10.0. The van der Waals surface area contributed by atoms with E-state index in [1.807, 2.05) is 17.7 Å². The summed E-state index contributed by atoms with van der Waals surface area (Å²) >= 11 is 0. The largest absolute Gasteiger partial charge is 0.335 e. The van der Waals surface area contributed by atoms with Gasteiger partial charge in [-0.1, -0.05) is 13.0 Å². The van der Waals surface area contributed by atoms with Gasteiger partial charge >= 0.3 is 0 Å². The zero-order valence-corrected chi connectivity index (χ0v) is 12.4. The SMILES string of the molecule is CCCNC(Cc1nccn1CC)c1ccc(F)cc1F. The minimum atomic E-state index is -0.555. The molecule has 21 heavy (non-hydrogen) atoms. The summed E-state index contributed by atoms with van der Waals surface area (Å²) in [5.41, 5.74) is 0.482. The van der Waals surface area contributed by atoms with Crippen LogP contribution in [0, 0.1) is 11.6 Å². The van der Waals surface area contributed by atoms with E-state index in [2.05, 4.69) is 17.2 Å². The molecule has 0 bridgehead atoms. The second kappa shape index (κ2) is 7.31. The van der Waals surface area contributed by atoms with Crippen molar-refractivity contribution in [1.29, 1.82) is 0 Å². The normalized spacial score (nSPS) is 12.6. The Morgan fingerprint density at radius 3 is 2.76 bits per heavy atom. The minimum absolute atomic E-state index is 0.210. The molecule has 0 radical (unpaired) electrons. The van der Waals surface area contributed by atoms with Crippen LogP contribution in [0.25, 0.3) is 0 Å². The van der Waals surface area contributed by atoms with Crippen molar-refractivity contribution in [3.63, 3.8) is 0 Å². The van der Waals surface area contributed by atoms with E-state index in [9.17, 15) is 8.78 Å². The van der Waals surface area contributed by atoms with Gasteiger partial charge in [0.05, 0.1) is 0 Å². The molecule has 0 aliphatic carbocycles. The van der Waals surface area contributed by atoms with Crippen LogP contribution in [0.1, 0.15) is 37.7 Å². The summed E-state index contributed by atoms with van der Waals surface area (Å²) in [5, 5.41) is 3.32. The van der Waals surface area contributed by atoms with Crippen LogP contribution in [0.5, 0.6) is 0 Å². The number of hydrogen-bond donors (Lipinski definition) is 1. The van der Waals surface area contributed by atoms with Gasteiger partial charge in [0.2, 0.25) is 0 Å². The summed E-state index contributed by atoms with van der Waals surface area (Å²) in [7, 11) is 0. The number of rotatable bonds is 7. The molecule has 2 aromatic rings. The Balaban J connectivity index is 2.25. The molecule has 0 saturated heterocycles. The summed E-state index contributed by atoms with van der Waals surface area (Å²) in [6.07, 6.45) is 5.18. The molecular formula is C16H21F2N3. The van der Waals surface area contributed by atoms with Crippen molar-refractivity contribution in [3.05, 3.63) is 53.6 Å². The second-order valence-corrected chi connectivity index (χ2v) is 5.01. The van der Waals surface area contributed by atoms with Gasteiger partial charge in [0.25, 0.3) is 0 Å². The number of halogens is 2. The molecule has 5 heteroatoms. The number of nitrogens with one attached hydrogen (secondary N) is 1. The standard InChI is InChI=1S/C16H21F2N3/c1-3-7-19-15(11-16-20-8-9-21(16)4-2)13-6-5-12(17)10-14(13)18/h5-6,8-10,15,19H,3-4,7,11H2,1-2H3. The Morgan fingerprint density at radius 2 is 2.10 bits per heavy atom. The Bertz CT molecular complexity index is 581. The Morgan fingerprint density at radius 1 is 1.29 bits per heavy atom. The molecule has 0 aliphatic rings. The first-order valence-electron chi connectivity index (χ1n) is 7.34. The lowest BCUT2D eigenvalue weighted by Crippen LogP contribution is -2.26. The molecule has 1 N–H and O–H groups in total. The van der Waals surface area contributed by atoms with E-state index < -0.39 is 11.6 Å². The van der Waals surface area contributed by atoms with Crippen molar-refractivity contribution in [2.45, 2.75) is 39.3 Å². The van der Waals surface area contributed by atoms with Crippen molar-refractivity contribution in [1.82, 2.24) is 14.9 Å². The molecule has 1 heterocycles. The molecule has 114 valence electrons. The number of benzene rings is 1. The molecule has 2 rings (SSSR count). The third kappa shape index (κ3) is 3.88. The van der Waals surface area contributed by atoms with Crippen LogP contribution in [0.3, 0.4) is 0 Å². The molecule has 0 saturated carbocycles. The molecular weight excluding hydrogens is 272 g/mol. The van der Waals surface area contributed by atoms with Gasteiger partial charge in [0.15, 0.2) is 0 Å². The van der Waals surface area contributed by atoms with Crippen LogP contribution in [-0.2, 0) is 13.0 Å². The van der Waals surface area contributed by atoms with E-state index in [1.54, 1.807) is 6.20 Å². The molecule has 1 unspecified atom stereocenters. The highest BCUT2D eigenvalue weighted by molar-refractivity contribution is 5.23. The predicted molar refractivity (Wildman–Crippen MR) is 79.0 cm³/mol. The van der Waals surface area contributed by atoms with Gasteiger partial charge in [-0.15, -0.1) is 0 Å². The van der Waals surface area contributed by atoms with Crippen molar-refractivity contribution >= 4 is 0 Å². The van der Waals surface area contributed by atoms with Crippen LogP contribution >= 0.6 is 0 Å². The van der Waals surface area contributed by atoms with E-state index in [0.717, 1.165) is 31.4 Å². The van der Waals surface area contributed by atoms with Crippen LogP contribution in [0.2, 0.25) is 0 Å². The van der Waals surface area contributed by atoms with Crippen molar-refractivity contribution in [3.8, 4) is 0 Å². The third-order valence-corrected chi connectivity index (χ3v) is 3.51. The number of imidazole rings is 1. The molecule has 1 aromatic carbocycles. The third-order valence-electron chi connectivity index (χ3n) is 3.51. The summed E-state index contributed by atoms with van der Waals surface area (Å²) in [6, 6.07) is 3.53. The van der Waals surface area contributed by atoms with E-state index in [1.165, 1.54) is 12.1 Å². The van der Waals surface area contributed by atoms with E-state index in [4.69, 9.17) is 0 Å². The highest BCUT2D eigenvalue weighted by atomic mass is 19.1. The lowest BCUT2D eigenvalue weighted by molar-refractivity contribution is 0.476. The first-order valence-corrected chi connectivity index (χ1v) is 7.34. The second-order valence-electron chi connectivity index (χ2n) is 5.01. The van der Waals surface area contributed by atoms with Crippen LogP contribution < -0.4 is 5.32 Å². The smallest absolute Gasteiger partial charge is 0.130 e. The highest BCUT2D eigenvalue weighted by Crippen LogP contribution is 2.22. The summed E-state index contributed by atoms with van der Waals surface area (Å²) in [4.78, 5) is 4.33. The molecule has 0 amide bonds. The van der Waals surface area contributed by atoms with Gasteiger partial charge in [-0.05, 0) is 26.0 Å². The van der Waals surface area contributed by atoms with Gasteiger partial charge in [-0.2, -0.15) is 0 Å². The topological polar surface area (TPSA) is 29.9 Å². The van der Waals surface area contributed by atoms with Crippen molar-refractivity contribution in [2.75, 3.05) is 6.54 Å². The maximum absolute atomic E-state index is 14.0. The van der Waals surface area contributed by atoms with E-state index in [0.29, 0.717) is 12.0 Å². The number of nitrogens with zero attached hydrogens (tertiary/aromatic N) is 2. The highest BCUT2D eigenvalue weighted by Gasteiger charge is 2.18.